The number of hydrogen-bond donors (Lipinski definition) is 0. The second-order valence-electron chi connectivity index (χ2n) is 3.08. The van der Waals surface area contributed by atoms with Crippen LogP contribution in [0.25, 0.3) is 10.9 Å². The van der Waals surface area contributed by atoms with Crippen LogP contribution in [0.3, 0.4) is 0 Å². The predicted molar refractivity (Wildman–Crippen MR) is 63.8 cm³/mol. The molecule has 4 heteroatoms. The summed E-state index contributed by atoms with van der Waals surface area (Å²) >= 11 is 9.38. The van der Waals surface area contributed by atoms with Gasteiger partial charge in [0.05, 0.1) is 18.0 Å². The van der Waals surface area contributed by atoms with E-state index in [0.29, 0.717) is 5.15 Å². The Balaban J connectivity index is 2.72. The van der Waals surface area contributed by atoms with Crippen molar-refractivity contribution in [1.82, 2.24) is 4.98 Å². The third-order valence-corrected chi connectivity index (χ3v) is 3.06. The summed E-state index contributed by atoms with van der Waals surface area (Å²) in [4.78, 5) is 4.26. The molecule has 2 nitrogen and oxygen atoms in total. The molecule has 0 spiro atoms. The number of rotatable bonds is 1. The lowest BCUT2D eigenvalue weighted by atomic mass is 10.1. The van der Waals surface area contributed by atoms with Gasteiger partial charge in [-0.15, -0.1) is 0 Å². The van der Waals surface area contributed by atoms with Crippen molar-refractivity contribution in [2.75, 3.05) is 0 Å². The fraction of sp³-hybridized carbons (Fsp3) is 0.0909. The van der Waals surface area contributed by atoms with Crippen molar-refractivity contribution in [2.24, 2.45) is 0 Å². The van der Waals surface area contributed by atoms with Gasteiger partial charge in [0.15, 0.2) is 0 Å². The Labute approximate surface area is 101 Å². The number of fused-ring (bicyclic) bond motifs is 1. The van der Waals surface area contributed by atoms with E-state index >= 15 is 0 Å². The van der Waals surface area contributed by atoms with E-state index in [4.69, 9.17) is 16.9 Å². The lowest BCUT2D eigenvalue weighted by Crippen LogP contribution is -1.89. The monoisotopic (exact) mass is 280 g/mol. The molecule has 0 aliphatic rings. The largest absolute Gasteiger partial charge is 0.235 e. The third kappa shape index (κ3) is 1.97. The van der Waals surface area contributed by atoms with Crippen LogP contribution in [0.2, 0.25) is 5.15 Å². The molecule has 0 atom stereocenters. The van der Waals surface area contributed by atoms with Crippen LogP contribution in [0.5, 0.6) is 0 Å². The average Bonchev–Trinajstić information content (AvgIpc) is 2.21. The minimum Gasteiger partial charge on any atom is -0.235 e. The van der Waals surface area contributed by atoms with Crippen LogP contribution < -0.4 is 0 Å². The molecular formula is C11H6BrClN2. The van der Waals surface area contributed by atoms with Crippen LogP contribution in [0, 0.1) is 11.3 Å². The van der Waals surface area contributed by atoms with Gasteiger partial charge in [0.25, 0.3) is 0 Å². The number of halogens is 2. The quantitative estimate of drug-likeness (QED) is 0.747. The molecule has 0 amide bonds. The van der Waals surface area contributed by atoms with E-state index in [2.05, 4.69) is 27.0 Å². The molecule has 2 rings (SSSR count). The van der Waals surface area contributed by atoms with Crippen molar-refractivity contribution in [2.45, 2.75) is 6.42 Å². The molecule has 0 aliphatic carbocycles. The Hall–Kier alpha value is -1.11. The normalized spacial score (nSPS) is 10.2. The van der Waals surface area contributed by atoms with Gasteiger partial charge in [0.1, 0.15) is 5.15 Å². The zero-order valence-corrected chi connectivity index (χ0v) is 10.0. The fourth-order valence-corrected chi connectivity index (χ4v) is 2.07. The van der Waals surface area contributed by atoms with Gasteiger partial charge in [-0.2, -0.15) is 5.26 Å². The van der Waals surface area contributed by atoms with Gasteiger partial charge in [-0.05, 0) is 28.1 Å². The van der Waals surface area contributed by atoms with E-state index in [1.54, 1.807) is 0 Å². The first-order valence-electron chi connectivity index (χ1n) is 4.33. The SMILES string of the molecule is N#CCc1cc2cccc(Br)c2nc1Cl. The number of benzene rings is 1. The molecule has 0 radical (unpaired) electrons. The van der Waals surface area contributed by atoms with E-state index in [1.165, 1.54) is 0 Å². The number of nitriles is 1. The highest BCUT2D eigenvalue weighted by Gasteiger charge is 2.06. The predicted octanol–water partition coefficient (Wildman–Crippen LogP) is 3.72. The van der Waals surface area contributed by atoms with E-state index in [-0.39, 0.29) is 6.42 Å². The van der Waals surface area contributed by atoms with Crippen molar-refractivity contribution >= 4 is 38.4 Å². The van der Waals surface area contributed by atoms with Crippen LogP contribution in [0.1, 0.15) is 5.56 Å². The lowest BCUT2D eigenvalue weighted by Gasteiger charge is -2.03. The Bertz CT molecular complexity index is 560. The van der Waals surface area contributed by atoms with Crippen molar-refractivity contribution in [1.29, 1.82) is 5.26 Å². The van der Waals surface area contributed by atoms with Gasteiger partial charge in [-0.3, -0.25) is 0 Å². The maximum Gasteiger partial charge on any atom is 0.134 e. The van der Waals surface area contributed by atoms with Crippen molar-refractivity contribution < 1.29 is 0 Å². The molecule has 15 heavy (non-hydrogen) atoms. The molecule has 74 valence electrons. The first-order valence-corrected chi connectivity index (χ1v) is 5.50. The maximum absolute atomic E-state index is 8.63. The minimum absolute atomic E-state index is 0.286. The zero-order chi connectivity index (χ0) is 10.8. The Morgan fingerprint density at radius 1 is 1.47 bits per heavy atom. The van der Waals surface area contributed by atoms with Crippen LogP contribution >= 0.6 is 27.5 Å². The zero-order valence-electron chi connectivity index (χ0n) is 7.67. The highest BCUT2D eigenvalue weighted by atomic mass is 79.9. The van der Waals surface area contributed by atoms with E-state index in [9.17, 15) is 0 Å². The molecule has 0 saturated carbocycles. The first-order chi connectivity index (χ1) is 7.22. The Morgan fingerprint density at radius 2 is 2.27 bits per heavy atom. The van der Waals surface area contributed by atoms with Crippen LogP contribution in [-0.4, -0.2) is 4.98 Å². The number of nitrogens with zero attached hydrogens (tertiary/aromatic N) is 2. The van der Waals surface area contributed by atoms with E-state index in [0.717, 1.165) is 20.9 Å². The molecule has 0 saturated heterocycles. The molecule has 0 bridgehead atoms. The lowest BCUT2D eigenvalue weighted by molar-refractivity contribution is 1.22. The van der Waals surface area contributed by atoms with Gasteiger partial charge >= 0.3 is 0 Å². The second-order valence-corrected chi connectivity index (χ2v) is 4.30. The molecule has 0 unspecified atom stereocenters. The van der Waals surface area contributed by atoms with Gasteiger partial charge in [-0.1, -0.05) is 23.7 Å². The van der Waals surface area contributed by atoms with E-state index in [1.807, 2.05) is 24.3 Å². The second kappa shape index (κ2) is 4.18. The number of pyridine rings is 1. The summed E-state index contributed by atoms with van der Waals surface area (Å²) in [6, 6.07) is 9.76. The average molecular weight is 282 g/mol. The number of hydrogen-bond acceptors (Lipinski definition) is 2. The van der Waals surface area contributed by atoms with Crippen LogP contribution in [0.4, 0.5) is 0 Å². The number of para-hydroxylation sites is 1. The third-order valence-electron chi connectivity index (χ3n) is 2.09. The summed E-state index contributed by atoms with van der Waals surface area (Å²) in [6.45, 7) is 0. The standard InChI is InChI=1S/C11H6BrClN2/c12-9-3-1-2-7-6-8(4-5-14)11(13)15-10(7)9/h1-3,6H,4H2. The van der Waals surface area contributed by atoms with Crippen LogP contribution in [-0.2, 0) is 6.42 Å². The smallest absolute Gasteiger partial charge is 0.134 e. The van der Waals surface area contributed by atoms with Crippen LogP contribution in [0.15, 0.2) is 28.7 Å². The molecule has 1 aromatic heterocycles. The van der Waals surface area contributed by atoms with Crippen molar-refractivity contribution in [3.8, 4) is 6.07 Å². The van der Waals surface area contributed by atoms with E-state index < -0.39 is 0 Å². The maximum atomic E-state index is 8.63. The summed E-state index contributed by atoms with van der Waals surface area (Å²) < 4.78 is 0.908. The summed E-state index contributed by atoms with van der Waals surface area (Å²) in [5.74, 6) is 0. The van der Waals surface area contributed by atoms with Gasteiger partial charge < -0.3 is 0 Å². The molecular weight excluding hydrogens is 275 g/mol. The molecule has 1 aromatic carbocycles. The van der Waals surface area contributed by atoms with Gasteiger partial charge in [0, 0.05) is 15.4 Å². The van der Waals surface area contributed by atoms with Gasteiger partial charge in [0.2, 0.25) is 0 Å². The highest BCUT2D eigenvalue weighted by molar-refractivity contribution is 9.10. The highest BCUT2D eigenvalue weighted by Crippen LogP contribution is 2.26. The molecule has 1 heterocycles. The Kier molecular flexibility index (Phi) is 2.90. The summed E-state index contributed by atoms with van der Waals surface area (Å²) in [5, 5.41) is 10.0. The fourth-order valence-electron chi connectivity index (χ4n) is 1.39. The first kappa shape index (κ1) is 10.4. The molecule has 0 N–H and O–H groups in total. The summed E-state index contributed by atoms with van der Waals surface area (Å²) in [7, 11) is 0. The van der Waals surface area contributed by atoms with Crippen molar-refractivity contribution in [3.05, 3.63) is 39.5 Å². The summed E-state index contributed by atoms with van der Waals surface area (Å²) in [6.07, 6.45) is 0.286. The molecule has 0 aliphatic heterocycles. The number of aromatic nitrogens is 1. The topological polar surface area (TPSA) is 36.7 Å². The molecule has 2 aromatic rings. The minimum atomic E-state index is 0.286. The summed E-state index contributed by atoms with van der Waals surface area (Å²) in [5.41, 5.74) is 1.59. The molecule has 0 fully saturated rings. The Morgan fingerprint density at radius 3 is 3.00 bits per heavy atom. The van der Waals surface area contributed by atoms with Gasteiger partial charge in [-0.25, -0.2) is 4.98 Å². The van der Waals surface area contributed by atoms with Crippen molar-refractivity contribution in [3.63, 3.8) is 0 Å².